The van der Waals surface area contributed by atoms with Gasteiger partial charge < -0.3 is 15.9 Å². The van der Waals surface area contributed by atoms with Crippen molar-refractivity contribution < 1.29 is 23.8 Å². The van der Waals surface area contributed by atoms with Crippen LogP contribution in [0.3, 0.4) is 0 Å². The van der Waals surface area contributed by atoms with E-state index in [1.165, 1.54) is 0 Å². The number of hydrogen-bond acceptors (Lipinski definition) is 3. The maximum atomic E-state index is 13.1. The molecule has 0 aromatic heterocycles. The summed E-state index contributed by atoms with van der Waals surface area (Å²) in [4.78, 5) is 10.4. The summed E-state index contributed by atoms with van der Waals surface area (Å²) in [6.45, 7) is 0. The average Bonchev–Trinajstić information content (AvgIpc) is 2.10. The number of hydrogen-bond donors (Lipinski definition) is 3. The van der Waals surface area contributed by atoms with Crippen LogP contribution in [0.2, 0.25) is 0 Å². The van der Waals surface area contributed by atoms with Crippen molar-refractivity contribution in [2.75, 3.05) is 0 Å². The highest BCUT2D eigenvalue weighted by Crippen LogP contribution is 2.20. The molecule has 0 heterocycles. The van der Waals surface area contributed by atoms with Crippen molar-refractivity contribution in [2.45, 2.75) is 12.5 Å². The number of aliphatic carboxylic acids is 1. The fourth-order valence-corrected chi connectivity index (χ4v) is 1.09. The van der Waals surface area contributed by atoms with Crippen molar-refractivity contribution >= 4 is 5.97 Å². The lowest BCUT2D eigenvalue weighted by molar-refractivity contribution is -0.138. The third-order valence-electron chi connectivity index (χ3n) is 1.87. The van der Waals surface area contributed by atoms with E-state index in [0.29, 0.717) is 12.1 Å². The van der Waals surface area contributed by atoms with Crippen LogP contribution in [0.4, 0.5) is 8.78 Å². The van der Waals surface area contributed by atoms with Crippen LogP contribution in [0.1, 0.15) is 5.56 Å². The number of phenolic OH excluding ortho intramolecular Hbond substituents is 1. The summed E-state index contributed by atoms with van der Waals surface area (Å²) in [6, 6.07) is 0.0264. The third-order valence-corrected chi connectivity index (χ3v) is 1.87. The maximum absolute atomic E-state index is 13.1. The molecule has 0 bridgehead atoms. The van der Waals surface area contributed by atoms with Gasteiger partial charge in [-0.15, -0.1) is 0 Å². The lowest BCUT2D eigenvalue weighted by atomic mass is 10.1. The number of nitrogens with two attached hydrogens (primary N) is 1. The minimum Gasteiger partial charge on any atom is -0.508 e. The van der Waals surface area contributed by atoms with Gasteiger partial charge in [-0.25, -0.2) is 8.78 Å². The Labute approximate surface area is 83.9 Å². The largest absolute Gasteiger partial charge is 0.508 e. The highest BCUT2D eigenvalue weighted by molar-refractivity contribution is 5.73. The Morgan fingerprint density at radius 1 is 1.40 bits per heavy atom. The molecule has 1 rings (SSSR count). The summed E-state index contributed by atoms with van der Waals surface area (Å²) in [7, 11) is 0. The van der Waals surface area contributed by atoms with Crippen molar-refractivity contribution in [1.82, 2.24) is 0 Å². The minimum atomic E-state index is -1.38. The van der Waals surface area contributed by atoms with Crippen LogP contribution in [0.5, 0.6) is 5.75 Å². The Bertz CT molecular complexity index is 372. The first-order chi connectivity index (χ1) is 6.91. The highest BCUT2D eigenvalue weighted by Gasteiger charge is 2.18. The monoisotopic (exact) mass is 217 g/mol. The number of halogens is 2. The first-order valence-electron chi connectivity index (χ1n) is 4.07. The van der Waals surface area contributed by atoms with E-state index in [-0.39, 0.29) is 0 Å². The van der Waals surface area contributed by atoms with Crippen LogP contribution < -0.4 is 5.73 Å². The van der Waals surface area contributed by atoms with Gasteiger partial charge in [0.15, 0.2) is 0 Å². The Balaban J connectivity index is 3.00. The molecule has 15 heavy (non-hydrogen) atoms. The molecule has 1 aromatic carbocycles. The molecule has 4 nitrogen and oxygen atoms in total. The normalized spacial score (nSPS) is 12.5. The number of aromatic hydroxyl groups is 1. The molecule has 1 aromatic rings. The van der Waals surface area contributed by atoms with Crippen molar-refractivity contribution in [2.24, 2.45) is 5.73 Å². The summed E-state index contributed by atoms with van der Waals surface area (Å²) in [5, 5.41) is 17.3. The quantitative estimate of drug-likeness (QED) is 0.693. The van der Waals surface area contributed by atoms with Crippen molar-refractivity contribution in [3.8, 4) is 5.75 Å². The van der Waals surface area contributed by atoms with E-state index in [9.17, 15) is 13.6 Å². The number of rotatable bonds is 3. The van der Waals surface area contributed by atoms with E-state index in [0.717, 1.165) is 0 Å². The van der Waals surface area contributed by atoms with Gasteiger partial charge in [0.1, 0.15) is 23.4 Å². The topological polar surface area (TPSA) is 83.5 Å². The number of carboxylic acids is 1. The van der Waals surface area contributed by atoms with Gasteiger partial charge in [0, 0.05) is 24.1 Å². The Morgan fingerprint density at radius 3 is 2.27 bits per heavy atom. The third kappa shape index (κ3) is 2.63. The molecule has 6 heteroatoms. The van der Waals surface area contributed by atoms with Crippen molar-refractivity contribution in [3.05, 3.63) is 29.3 Å². The van der Waals surface area contributed by atoms with Gasteiger partial charge in [-0.1, -0.05) is 0 Å². The molecule has 0 saturated heterocycles. The number of benzene rings is 1. The van der Waals surface area contributed by atoms with Crippen molar-refractivity contribution in [3.63, 3.8) is 0 Å². The molecule has 0 fully saturated rings. The maximum Gasteiger partial charge on any atom is 0.320 e. The summed E-state index contributed by atoms with van der Waals surface area (Å²) in [5.74, 6) is -3.92. The second-order valence-electron chi connectivity index (χ2n) is 3.04. The average molecular weight is 217 g/mol. The van der Waals surface area contributed by atoms with Crippen LogP contribution in [0.15, 0.2) is 12.1 Å². The van der Waals surface area contributed by atoms with Gasteiger partial charge in [-0.05, 0) is 0 Å². The predicted molar refractivity (Wildman–Crippen MR) is 47.3 cm³/mol. The van der Waals surface area contributed by atoms with E-state index in [1.54, 1.807) is 0 Å². The second-order valence-corrected chi connectivity index (χ2v) is 3.04. The Kier molecular flexibility index (Phi) is 3.21. The van der Waals surface area contributed by atoms with Gasteiger partial charge in [0.25, 0.3) is 0 Å². The zero-order chi connectivity index (χ0) is 11.6. The van der Waals surface area contributed by atoms with E-state index < -0.39 is 41.4 Å². The number of carbonyl (C=O) groups is 1. The number of phenols is 1. The smallest absolute Gasteiger partial charge is 0.320 e. The zero-order valence-corrected chi connectivity index (χ0v) is 7.58. The second kappa shape index (κ2) is 4.22. The molecule has 1 atom stereocenters. The summed E-state index contributed by atoms with van der Waals surface area (Å²) in [5.41, 5.74) is 4.69. The first kappa shape index (κ1) is 11.4. The van der Waals surface area contributed by atoms with Crippen LogP contribution in [0, 0.1) is 11.6 Å². The molecular formula is C9H9F2NO3. The zero-order valence-electron chi connectivity index (χ0n) is 7.58. The van der Waals surface area contributed by atoms with E-state index >= 15 is 0 Å². The fourth-order valence-electron chi connectivity index (χ4n) is 1.09. The lowest BCUT2D eigenvalue weighted by Crippen LogP contribution is -2.32. The lowest BCUT2D eigenvalue weighted by Gasteiger charge is -2.08. The van der Waals surface area contributed by atoms with Gasteiger partial charge in [0.05, 0.1) is 0 Å². The molecule has 0 spiro atoms. The molecular weight excluding hydrogens is 208 g/mol. The SMILES string of the molecule is N[C@@H](Cc1c(F)cc(O)cc1F)C(=O)O. The minimum absolute atomic E-state index is 0.442. The van der Waals surface area contributed by atoms with Gasteiger partial charge in [-0.2, -0.15) is 0 Å². The van der Waals surface area contributed by atoms with Gasteiger partial charge in [0.2, 0.25) is 0 Å². The van der Waals surface area contributed by atoms with Crippen LogP contribution in [-0.4, -0.2) is 22.2 Å². The molecule has 0 amide bonds. The van der Waals surface area contributed by atoms with Crippen LogP contribution in [0.25, 0.3) is 0 Å². The molecule has 4 N–H and O–H groups in total. The summed E-state index contributed by atoms with van der Waals surface area (Å²) in [6.07, 6.45) is -0.465. The standard InChI is InChI=1S/C9H9F2NO3/c10-6-1-4(13)2-7(11)5(6)3-8(12)9(14)15/h1-2,8,13H,3,12H2,(H,14,15)/t8-/m0/s1. The summed E-state index contributed by atoms with van der Waals surface area (Å²) >= 11 is 0. The molecule has 0 radical (unpaired) electrons. The molecule has 0 aliphatic heterocycles. The Hall–Kier alpha value is -1.69. The molecule has 0 aliphatic rings. The summed E-state index contributed by atoms with van der Waals surface area (Å²) < 4.78 is 26.2. The number of carboxylic acid groups (broad SMARTS) is 1. The van der Waals surface area contributed by atoms with Crippen LogP contribution in [-0.2, 0) is 11.2 Å². The van der Waals surface area contributed by atoms with E-state index in [2.05, 4.69) is 0 Å². The predicted octanol–water partition coefficient (Wildman–Crippen LogP) is 0.625. The van der Waals surface area contributed by atoms with E-state index in [4.69, 9.17) is 15.9 Å². The highest BCUT2D eigenvalue weighted by atomic mass is 19.1. The first-order valence-corrected chi connectivity index (χ1v) is 4.07. The molecule has 0 saturated carbocycles. The van der Waals surface area contributed by atoms with E-state index in [1.807, 2.05) is 0 Å². The Morgan fingerprint density at radius 2 is 1.87 bits per heavy atom. The molecule has 0 aliphatic carbocycles. The molecule has 0 unspecified atom stereocenters. The van der Waals surface area contributed by atoms with Gasteiger partial charge in [-0.3, -0.25) is 4.79 Å². The fraction of sp³-hybridized carbons (Fsp3) is 0.222. The van der Waals surface area contributed by atoms with Gasteiger partial charge >= 0.3 is 5.97 Å². The molecule has 82 valence electrons. The van der Waals surface area contributed by atoms with Crippen molar-refractivity contribution in [1.29, 1.82) is 0 Å². The van der Waals surface area contributed by atoms with Crippen LogP contribution >= 0.6 is 0 Å².